The van der Waals surface area contributed by atoms with Crippen LogP contribution in [0.4, 0.5) is 0 Å². The van der Waals surface area contributed by atoms with Crippen LogP contribution in [-0.2, 0) is 4.79 Å². The van der Waals surface area contributed by atoms with Crippen molar-refractivity contribution in [3.05, 3.63) is 35.5 Å². The minimum absolute atomic E-state index is 0.0211. The first kappa shape index (κ1) is 16.2. The van der Waals surface area contributed by atoms with Crippen LogP contribution in [0.5, 0.6) is 0 Å². The molecule has 0 fully saturated rings. The first-order chi connectivity index (χ1) is 10.3. The minimum atomic E-state index is -0.276. The molecule has 2 atom stereocenters. The number of nitrogens with zero attached hydrogens (tertiary/aromatic N) is 1. The Bertz CT molecular complexity index is 703. The lowest BCUT2D eigenvalue weighted by Crippen LogP contribution is -3.14. The average molecular weight is 302 g/mol. The van der Waals surface area contributed by atoms with E-state index in [1.165, 1.54) is 0 Å². The number of carbonyl (C=O) groups excluding carboxylic acids is 2. The number of aryl methyl sites for hydroxylation is 1. The fourth-order valence-electron chi connectivity index (χ4n) is 2.58. The van der Waals surface area contributed by atoms with Gasteiger partial charge in [0.1, 0.15) is 6.04 Å². The number of quaternary nitrogens is 1. The topological polar surface area (TPSA) is 57.6 Å². The SMILES string of the molecule is Cc1[nH]c2ccccc2c1C(=O)[C@@H](C)[NH+](C)CC(=O)N(C)C. The van der Waals surface area contributed by atoms with Gasteiger partial charge in [-0.15, -0.1) is 0 Å². The number of hydrogen-bond donors (Lipinski definition) is 2. The van der Waals surface area contributed by atoms with Crippen LogP contribution >= 0.6 is 0 Å². The van der Waals surface area contributed by atoms with Gasteiger partial charge >= 0.3 is 0 Å². The number of hydrogen-bond acceptors (Lipinski definition) is 2. The van der Waals surface area contributed by atoms with Gasteiger partial charge < -0.3 is 14.8 Å². The molecule has 0 saturated heterocycles. The Labute approximate surface area is 130 Å². The van der Waals surface area contributed by atoms with Gasteiger partial charge in [-0.25, -0.2) is 0 Å². The van der Waals surface area contributed by atoms with Gasteiger partial charge in [0, 0.05) is 30.7 Å². The number of ketones is 1. The Hall–Kier alpha value is -2.14. The lowest BCUT2D eigenvalue weighted by Gasteiger charge is -2.21. The van der Waals surface area contributed by atoms with Crippen LogP contribution in [0, 0.1) is 6.92 Å². The van der Waals surface area contributed by atoms with Crippen LogP contribution < -0.4 is 4.90 Å². The molecule has 0 radical (unpaired) electrons. The predicted molar refractivity (Wildman–Crippen MR) is 87.3 cm³/mol. The Morgan fingerprint density at radius 2 is 1.91 bits per heavy atom. The van der Waals surface area contributed by atoms with E-state index in [0.717, 1.165) is 27.1 Å². The Kier molecular flexibility index (Phi) is 4.66. The summed E-state index contributed by atoms with van der Waals surface area (Å²) in [6, 6.07) is 7.53. The summed E-state index contributed by atoms with van der Waals surface area (Å²) in [5, 5.41) is 0.948. The molecule has 2 aromatic rings. The number of amides is 1. The number of rotatable bonds is 5. The molecule has 0 bridgehead atoms. The number of Topliss-reactive ketones (excluding diaryl/α,β-unsaturated/α-hetero) is 1. The van der Waals surface area contributed by atoms with Crippen molar-refractivity contribution < 1.29 is 14.5 Å². The van der Waals surface area contributed by atoms with Gasteiger partial charge in [0.25, 0.3) is 5.91 Å². The smallest absolute Gasteiger partial charge is 0.277 e. The lowest BCUT2D eigenvalue weighted by molar-refractivity contribution is -0.885. The number of para-hydroxylation sites is 1. The predicted octanol–water partition coefficient (Wildman–Crippen LogP) is 0.650. The van der Waals surface area contributed by atoms with Crippen molar-refractivity contribution >= 4 is 22.6 Å². The van der Waals surface area contributed by atoms with E-state index in [1.807, 2.05) is 45.2 Å². The number of nitrogens with one attached hydrogen (secondary N) is 2. The number of H-pyrrole nitrogens is 1. The van der Waals surface area contributed by atoms with Crippen molar-refractivity contribution in [3.63, 3.8) is 0 Å². The summed E-state index contributed by atoms with van der Waals surface area (Å²) in [4.78, 5) is 30.4. The van der Waals surface area contributed by atoms with Gasteiger partial charge in [0.05, 0.1) is 12.6 Å². The number of aromatic amines is 1. The molecule has 0 aliphatic rings. The summed E-state index contributed by atoms with van der Waals surface area (Å²) in [5.41, 5.74) is 2.59. The quantitative estimate of drug-likeness (QED) is 0.797. The number of aromatic nitrogens is 1. The average Bonchev–Trinajstić information content (AvgIpc) is 2.81. The van der Waals surface area contributed by atoms with Crippen LogP contribution in [0.3, 0.4) is 0 Å². The first-order valence-corrected chi connectivity index (χ1v) is 7.47. The second-order valence-electron chi connectivity index (χ2n) is 6.07. The fourth-order valence-corrected chi connectivity index (χ4v) is 2.58. The molecule has 5 heteroatoms. The molecule has 1 aromatic carbocycles. The molecular weight excluding hydrogens is 278 g/mol. The van der Waals surface area contributed by atoms with Crippen molar-refractivity contribution in [2.45, 2.75) is 19.9 Å². The molecule has 0 aliphatic carbocycles. The van der Waals surface area contributed by atoms with Crippen molar-refractivity contribution in [2.75, 3.05) is 27.7 Å². The van der Waals surface area contributed by atoms with Crippen LogP contribution in [0.25, 0.3) is 10.9 Å². The van der Waals surface area contributed by atoms with Gasteiger partial charge in [0.15, 0.2) is 6.54 Å². The number of likely N-dealkylation sites (N-methyl/N-ethyl adjacent to an activating group) is 2. The number of fused-ring (bicyclic) bond motifs is 1. The fraction of sp³-hybridized carbons (Fsp3) is 0.412. The van der Waals surface area contributed by atoms with Crippen molar-refractivity contribution in [2.24, 2.45) is 0 Å². The van der Waals surface area contributed by atoms with Crippen molar-refractivity contribution in [3.8, 4) is 0 Å². The zero-order chi connectivity index (χ0) is 16.4. The molecule has 1 amide bonds. The van der Waals surface area contributed by atoms with Crippen LogP contribution in [0.15, 0.2) is 24.3 Å². The molecule has 2 N–H and O–H groups in total. The molecule has 1 unspecified atom stereocenters. The van der Waals surface area contributed by atoms with Gasteiger partial charge in [0.2, 0.25) is 5.78 Å². The molecule has 0 spiro atoms. The van der Waals surface area contributed by atoms with Crippen LogP contribution in [0.2, 0.25) is 0 Å². The molecule has 1 aromatic heterocycles. The molecule has 0 aliphatic heterocycles. The Morgan fingerprint density at radius 3 is 2.55 bits per heavy atom. The largest absolute Gasteiger partial charge is 0.358 e. The Balaban J connectivity index is 2.26. The van der Waals surface area contributed by atoms with E-state index < -0.39 is 0 Å². The highest BCUT2D eigenvalue weighted by Gasteiger charge is 2.28. The van der Waals surface area contributed by atoms with Crippen LogP contribution in [0.1, 0.15) is 23.0 Å². The number of benzene rings is 1. The maximum atomic E-state index is 12.9. The molecule has 118 valence electrons. The van der Waals surface area contributed by atoms with Crippen molar-refractivity contribution in [1.29, 1.82) is 0 Å². The molecule has 5 nitrogen and oxygen atoms in total. The third-order valence-corrected chi connectivity index (χ3v) is 4.20. The second kappa shape index (κ2) is 6.32. The van der Waals surface area contributed by atoms with E-state index in [0.29, 0.717) is 6.54 Å². The second-order valence-corrected chi connectivity index (χ2v) is 6.07. The van der Waals surface area contributed by atoms with Crippen LogP contribution in [-0.4, -0.2) is 55.3 Å². The summed E-state index contributed by atoms with van der Waals surface area (Å²) in [5.74, 6) is 0.0896. The van der Waals surface area contributed by atoms with E-state index in [4.69, 9.17) is 0 Å². The van der Waals surface area contributed by atoms with E-state index in [1.54, 1.807) is 19.0 Å². The molecule has 0 saturated carbocycles. The summed E-state index contributed by atoms with van der Waals surface area (Å²) in [6.45, 7) is 4.10. The standard InChI is InChI=1S/C17H23N3O2/c1-11-16(13-8-6-7-9-14(13)18-11)17(22)12(2)20(5)10-15(21)19(3)4/h6-9,12,18H,10H2,1-5H3/p+1/t12-/m1/s1. The van der Waals surface area contributed by atoms with E-state index in [-0.39, 0.29) is 17.7 Å². The highest BCUT2D eigenvalue weighted by molar-refractivity contribution is 6.10. The normalized spacial score (nSPS) is 13.9. The van der Waals surface area contributed by atoms with E-state index in [9.17, 15) is 9.59 Å². The molecule has 22 heavy (non-hydrogen) atoms. The zero-order valence-corrected chi connectivity index (χ0v) is 13.9. The minimum Gasteiger partial charge on any atom is -0.358 e. The van der Waals surface area contributed by atoms with Crippen molar-refractivity contribution in [1.82, 2.24) is 9.88 Å². The van der Waals surface area contributed by atoms with Gasteiger partial charge in [-0.3, -0.25) is 9.59 Å². The molecule has 2 rings (SSSR count). The Morgan fingerprint density at radius 1 is 1.27 bits per heavy atom. The highest BCUT2D eigenvalue weighted by atomic mass is 16.2. The van der Waals surface area contributed by atoms with Gasteiger partial charge in [-0.1, -0.05) is 18.2 Å². The summed E-state index contributed by atoms with van der Waals surface area (Å²) in [7, 11) is 5.34. The maximum Gasteiger partial charge on any atom is 0.277 e. The lowest BCUT2D eigenvalue weighted by atomic mass is 10.0. The summed E-state index contributed by atoms with van der Waals surface area (Å²) < 4.78 is 0. The van der Waals surface area contributed by atoms with E-state index in [2.05, 4.69) is 4.98 Å². The summed E-state index contributed by atoms with van der Waals surface area (Å²) in [6.07, 6.45) is 0. The first-order valence-electron chi connectivity index (χ1n) is 7.47. The summed E-state index contributed by atoms with van der Waals surface area (Å²) >= 11 is 0. The van der Waals surface area contributed by atoms with Gasteiger partial charge in [-0.05, 0) is 19.9 Å². The van der Waals surface area contributed by atoms with E-state index >= 15 is 0 Å². The maximum absolute atomic E-state index is 12.9. The third kappa shape index (κ3) is 3.04. The molecular formula is C17H24N3O2+. The monoisotopic (exact) mass is 302 g/mol. The highest BCUT2D eigenvalue weighted by Crippen LogP contribution is 2.22. The zero-order valence-electron chi connectivity index (χ0n) is 13.9. The number of carbonyl (C=O) groups is 2. The molecule has 1 heterocycles. The third-order valence-electron chi connectivity index (χ3n) is 4.20. The van der Waals surface area contributed by atoms with Gasteiger partial charge in [-0.2, -0.15) is 0 Å².